The molecular formula is C15H16N4O3. The van der Waals surface area contributed by atoms with Gasteiger partial charge in [0.2, 0.25) is 0 Å². The molecule has 22 heavy (non-hydrogen) atoms. The highest BCUT2D eigenvalue weighted by molar-refractivity contribution is 5.70. The smallest absolute Gasteiger partial charge is 0.330 e. The van der Waals surface area contributed by atoms with Gasteiger partial charge in [-0.05, 0) is 19.4 Å². The number of fused-ring (bicyclic) bond motifs is 1. The first-order valence-corrected chi connectivity index (χ1v) is 7.01. The molecule has 0 unspecified atom stereocenters. The lowest BCUT2D eigenvalue weighted by atomic mass is 10.2. The number of rotatable bonds is 4. The number of aromatic amines is 1. The molecule has 0 aliphatic rings. The van der Waals surface area contributed by atoms with Crippen molar-refractivity contribution in [2.45, 2.75) is 20.4 Å². The van der Waals surface area contributed by atoms with Crippen molar-refractivity contribution in [3.8, 4) is 0 Å². The van der Waals surface area contributed by atoms with Gasteiger partial charge in [0.25, 0.3) is 5.56 Å². The van der Waals surface area contributed by atoms with Gasteiger partial charge in [0.1, 0.15) is 12.4 Å². The van der Waals surface area contributed by atoms with Gasteiger partial charge < -0.3 is 4.84 Å². The fraction of sp³-hybridized carbons (Fsp3) is 0.267. The highest BCUT2D eigenvalue weighted by Crippen LogP contribution is 2.10. The molecule has 0 aliphatic carbocycles. The molecule has 0 aliphatic heterocycles. The Morgan fingerprint density at radius 3 is 2.64 bits per heavy atom. The molecule has 0 spiro atoms. The van der Waals surface area contributed by atoms with Crippen molar-refractivity contribution >= 4 is 11.2 Å². The lowest BCUT2D eigenvalue weighted by molar-refractivity contribution is 0.125. The van der Waals surface area contributed by atoms with Gasteiger partial charge >= 0.3 is 5.69 Å². The summed E-state index contributed by atoms with van der Waals surface area (Å²) in [5.41, 5.74) is 0.529. The number of nitrogens with one attached hydrogen (secondary N) is 1. The Kier molecular flexibility index (Phi) is 3.54. The lowest BCUT2D eigenvalue weighted by Crippen LogP contribution is -2.32. The van der Waals surface area contributed by atoms with Crippen LogP contribution in [0.5, 0.6) is 0 Å². The first kappa shape index (κ1) is 14.1. The number of nitrogens with zero attached hydrogens (tertiary/aromatic N) is 3. The van der Waals surface area contributed by atoms with Crippen molar-refractivity contribution in [1.82, 2.24) is 19.3 Å². The van der Waals surface area contributed by atoms with Gasteiger partial charge in [-0.2, -0.15) is 4.73 Å². The number of aromatic nitrogens is 4. The topological polar surface area (TPSA) is 81.9 Å². The summed E-state index contributed by atoms with van der Waals surface area (Å²) in [6.45, 7) is 4.27. The van der Waals surface area contributed by atoms with E-state index in [9.17, 15) is 9.59 Å². The number of imidazole rings is 1. The molecule has 1 N–H and O–H groups in total. The summed E-state index contributed by atoms with van der Waals surface area (Å²) >= 11 is 0. The first-order chi connectivity index (χ1) is 10.6. The van der Waals surface area contributed by atoms with Gasteiger partial charge in [0, 0.05) is 0 Å². The molecule has 3 aromatic rings. The Labute approximate surface area is 125 Å². The largest absolute Gasteiger partial charge is 0.412 e. The van der Waals surface area contributed by atoms with E-state index in [0.717, 1.165) is 5.56 Å². The van der Waals surface area contributed by atoms with Crippen LogP contribution in [0, 0.1) is 6.92 Å². The highest BCUT2D eigenvalue weighted by atomic mass is 16.7. The van der Waals surface area contributed by atoms with Gasteiger partial charge in [-0.1, -0.05) is 30.3 Å². The van der Waals surface area contributed by atoms with Crippen molar-refractivity contribution in [2.24, 2.45) is 0 Å². The Hall–Kier alpha value is -2.83. The summed E-state index contributed by atoms with van der Waals surface area (Å²) in [6, 6.07) is 9.52. The number of hydrogen-bond acceptors (Lipinski definition) is 4. The molecule has 7 heteroatoms. The van der Waals surface area contributed by atoms with Crippen molar-refractivity contribution < 1.29 is 4.84 Å². The summed E-state index contributed by atoms with van der Waals surface area (Å²) in [7, 11) is 0. The van der Waals surface area contributed by atoms with Crippen LogP contribution in [0.1, 0.15) is 18.3 Å². The maximum absolute atomic E-state index is 12.2. The predicted octanol–water partition coefficient (Wildman–Crippen LogP) is 0.692. The molecule has 1 aromatic carbocycles. The standard InChI is InChI=1S/C15H16N4O3/c1-3-22-19-10(2)16-13-12(19)14(20)17-15(21)18(13)9-11-7-5-4-6-8-11/h4-8H,3,9H2,1-2H3,(H,17,20,21). The fourth-order valence-corrected chi connectivity index (χ4v) is 2.41. The Morgan fingerprint density at radius 2 is 1.95 bits per heavy atom. The second kappa shape index (κ2) is 5.51. The average molecular weight is 300 g/mol. The van der Waals surface area contributed by atoms with Gasteiger partial charge in [-0.3, -0.25) is 14.3 Å². The van der Waals surface area contributed by atoms with E-state index in [1.807, 2.05) is 37.3 Å². The molecule has 0 atom stereocenters. The van der Waals surface area contributed by atoms with Gasteiger partial charge in [-0.25, -0.2) is 9.78 Å². The number of aryl methyl sites for hydroxylation is 1. The first-order valence-electron chi connectivity index (χ1n) is 7.01. The minimum atomic E-state index is -0.502. The monoisotopic (exact) mass is 300 g/mol. The molecule has 3 rings (SSSR count). The summed E-state index contributed by atoms with van der Waals surface area (Å²) in [5, 5.41) is 0. The van der Waals surface area contributed by atoms with E-state index in [0.29, 0.717) is 24.6 Å². The molecule has 2 aromatic heterocycles. The van der Waals surface area contributed by atoms with Crippen LogP contribution in [0.4, 0.5) is 0 Å². The fourth-order valence-electron chi connectivity index (χ4n) is 2.41. The number of benzene rings is 1. The third-order valence-electron chi connectivity index (χ3n) is 3.35. The lowest BCUT2D eigenvalue weighted by Gasteiger charge is -2.08. The molecular weight excluding hydrogens is 284 g/mol. The molecule has 114 valence electrons. The van der Waals surface area contributed by atoms with Crippen LogP contribution in [0.25, 0.3) is 11.2 Å². The minimum absolute atomic E-state index is 0.245. The van der Waals surface area contributed by atoms with E-state index in [2.05, 4.69) is 9.97 Å². The van der Waals surface area contributed by atoms with Crippen molar-refractivity contribution in [1.29, 1.82) is 0 Å². The Morgan fingerprint density at radius 1 is 1.23 bits per heavy atom. The molecule has 2 heterocycles. The minimum Gasteiger partial charge on any atom is -0.412 e. The maximum Gasteiger partial charge on any atom is 0.330 e. The zero-order chi connectivity index (χ0) is 15.7. The zero-order valence-electron chi connectivity index (χ0n) is 12.4. The van der Waals surface area contributed by atoms with Crippen LogP contribution in [-0.2, 0) is 6.54 Å². The van der Waals surface area contributed by atoms with E-state index < -0.39 is 11.2 Å². The second-order valence-electron chi connectivity index (χ2n) is 4.87. The Bertz CT molecular complexity index is 922. The zero-order valence-corrected chi connectivity index (χ0v) is 12.4. The van der Waals surface area contributed by atoms with Crippen molar-refractivity contribution in [2.75, 3.05) is 6.61 Å². The summed E-state index contributed by atoms with van der Waals surface area (Å²) in [5.74, 6) is 0.523. The van der Waals surface area contributed by atoms with Crippen molar-refractivity contribution in [3.05, 3.63) is 62.6 Å². The quantitative estimate of drug-likeness (QED) is 0.768. The SMILES string of the molecule is CCOn1c(C)nc2c1c(=O)[nH]c(=O)n2Cc1ccccc1. The third-order valence-corrected chi connectivity index (χ3v) is 3.35. The van der Waals surface area contributed by atoms with Crippen LogP contribution in [0.3, 0.4) is 0 Å². The molecule has 0 saturated carbocycles. The second-order valence-corrected chi connectivity index (χ2v) is 4.87. The molecule has 0 saturated heterocycles. The van der Waals surface area contributed by atoms with Crippen LogP contribution >= 0.6 is 0 Å². The molecule has 0 amide bonds. The van der Waals surface area contributed by atoms with E-state index in [1.165, 1.54) is 9.30 Å². The normalized spacial score (nSPS) is 11.0. The van der Waals surface area contributed by atoms with Crippen LogP contribution in [0.2, 0.25) is 0 Å². The summed E-state index contributed by atoms with van der Waals surface area (Å²) < 4.78 is 2.81. The molecule has 0 bridgehead atoms. The van der Waals surface area contributed by atoms with Crippen LogP contribution in [0.15, 0.2) is 39.9 Å². The Balaban J connectivity index is 2.24. The van der Waals surface area contributed by atoms with E-state index in [4.69, 9.17) is 4.84 Å². The maximum atomic E-state index is 12.2. The average Bonchev–Trinajstić information content (AvgIpc) is 2.82. The van der Waals surface area contributed by atoms with Gasteiger partial charge in [0.05, 0.1) is 6.54 Å². The number of hydrogen-bond donors (Lipinski definition) is 1. The third kappa shape index (κ3) is 2.30. The van der Waals surface area contributed by atoms with Crippen LogP contribution in [-0.4, -0.2) is 25.9 Å². The van der Waals surface area contributed by atoms with E-state index in [1.54, 1.807) is 6.92 Å². The van der Waals surface area contributed by atoms with Gasteiger partial charge in [0.15, 0.2) is 11.2 Å². The summed E-state index contributed by atoms with van der Waals surface area (Å²) in [6.07, 6.45) is 0. The van der Waals surface area contributed by atoms with Crippen LogP contribution < -0.4 is 16.1 Å². The molecule has 0 radical (unpaired) electrons. The van der Waals surface area contributed by atoms with E-state index >= 15 is 0 Å². The number of H-pyrrole nitrogens is 1. The van der Waals surface area contributed by atoms with E-state index in [-0.39, 0.29) is 5.52 Å². The molecule has 7 nitrogen and oxygen atoms in total. The predicted molar refractivity (Wildman–Crippen MR) is 82.0 cm³/mol. The highest BCUT2D eigenvalue weighted by Gasteiger charge is 2.17. The summed E-state index contributed by atoms with van der Waals surface area (Å²) in [4.78, 5) is 36.3. The molecule has 0 fully saturated rings. The van der Waals surface area contributed by atoms with Gasteiger partial charge in [-0.15, -0.1) is 0 Å². The van der Waals surface area contributed by atoms with Crippen molar-refractivity contribution in [3.63, 3.8) is 0 Å².